The summed E-state index contributed by atoms with van der Waals surface area (Å²) < 4.78 is 0. The van der Waals surface area contributed by atoms with Crippen LogP contribution in [-0.4, -0.2) is 30.4 Å². The van der Waals surface area contributed by atoms with Crippen molar-refractivity contribution in [2.45, 2.75) is 6.92 Å². The molecule has 0 heterocycles. The van der Waals surface area contributed by atoms with Crippen molar-refractivity contribution < 1.29 is 14.7 Å². The molecule has 0 atom stereocenters. The number of anilines is 1. The number of ketones is 1. The van der Waals surface area contributed by atoms with E-state index in [9.17, 15) is 14.7 Å². The lowest BCUT2D eigenvalue weighted by Gasteiger charge is -2.12. The van der Waals surface area contributed by atoms with Gasteiger partial charge in [0.25, 0.3) is 0 Å². The van der Waals surface area contributed by atoms with Crippen LogP contribution in [0.3, 0.4) is 0 Å². The minimum absolute atomic E-state index is 0.0465. The number of hydrogen-bond donors (Lipinski definition) is 3. The van der Waals surface area contributed by atoms with Crippen LogP contribution < -0.4 is 10.6 Å². The number of phenolic OH excluding ortho intramolecular Hbond substituents is 1. The number of likely N-dealkylation sites (N-methyl/N-ethyl adjacent to an activating group) is 1. The van der Waals surface area contributed by atoms with E-state index in [1.165, 1.54) is 19.1 Å². The summed E-state index contributed by atoms with van der Waals surface area (Å²) in [5.41, 5.74) is 0.154. The summed E-state index contributed by atoms with van der Waals surface area (Å²) in [5.74, 6) is -0.887. The lowest BCUT2D eigenvalue weighted by molar-refractivity contribution is -0.114. The first-order chi connectivity index (χ1) is 7.97. The van der Waals surface area contributed by atoms with Crippen LogP contribution in [0.1, 0.15) is 17.3 Å². The number of nitrogens with one attached hydrogen (secondary N) is 2. The van der Waals surface area contributed by atoms with Gasteiger partial charge in [-0.25, -0.2) is 0 Å². The molecule has 0 radical (unpaired) electrons. The van der Waals surface area contributed by atoms with Crippen LogP contribution in [0.15, 0.2) is 12.1 Å². The highest BCUT2D eigenvalue weighted by Crippen LogP contribution is 2.33. The molecule has 0 saturated heterocycles. The topological polar surface area (TPSA) is 78.4 Å². The van der Waals surface area contributed by atoms with Crippen molar-refractivity contribution in [3.8, 4) is 5.75 Å². The molecule has 0 aromatic heterocycles. The van der Waals surface area contributed by atoms with Gasteiger partial charge in [-0.1, -0.05) is 11.6 Å². The SMILES string of the molecule is CNCC(=O)c1c(Cl)ccc(O)c1NC(C)=O. The first-order valence-corrected chi connectivity index (χ1v) is 5.32. The molecular formula is C11H13ClN2O3. The molecule has 92 valence electrons. The number of hydrogen-bond acceptors (Lipinski definition) is 4. The molecule has 0 aliphatic rings. The second-order valence-electron chi connectivity index (χ2n) is 3.45. The summed E-state index contributed by atoms with van der Waals surface area (Å²) in [4.78, 5) is 22.8. The average Bonchev–Trinajstić information content (AvgIpc) is 2.23. The number of carbonyl (C=O) groups is 2. The van der Waals surface area contributed by atoms with Gasteiger partial charge in [0.1, 0.15) is 5.75 Å². The van der Waals surface area contributed by atoms with E-state index in [-0.39, 0.29) is 40.3 Å². The van der Waals surface area contributed by atoms with Crippen LogP contribution in [0.2, 0.25) is 5.02 Å². The fourth-order valence-corrected chi connectivity index (χ4v) is 1.65. The van der Waals surface area contributed by atoms with Gasteiger partial charge in [-0.15, -0.1) is 0 Å². The van der Waals surface area contributed by atoms with E-state index in [2.05, 4.69) is 10.6 Å². The quantitative estimate of drug-likeness (QED) is 0.562. The summed E-state index contributed by atoms with van der Waals surface area (Å²) in [5, 5.41) is 14.9. The number of halogens is 1. The molecule has 0 saturated carbocycles. The molecule has 5 nitrogen and oxygen atoms in total. The third-order valence-electron chi connectivity index (χ3n) is 2.05. The maximum absolute atomic E-state index is 11.8. The first-order valence-electron chi connectivity index (χ1n) is 4.94. The van der Waals surface area contributed by atoms with E-state index in [0.717, 1.165) is 0 Å². The fraction of sp³-hybridized carbons (Fsp3) is 0.273. The molecule has 3 N–H and O–H groups in total. The zero-order chi connectivity index (χ0) is 13.0. The Kier molecular flexibility index (Phi) is 4.48. The molecule has 1 aromatic carbocycles. The van der Waals surface area contributed by atoms with Gasteiger partial charge in [-0.05, 0) is 19.2 Å². The Bertz CT molecular complexity index is 460. The Labute approximate surface area is 104 Å². The monoisotopic (exact) mass is 256 g/mol. The minimum Gasteiger partial charge on any atom is -0.506 e. The van der Waals surface area contributed by atoms with Crippen molar-refractivity contribution in [2.75, 3.05) is 18.9 Å². The molecule has 0 unspecified atom stereocenters. The second-order valence-corrected chi connectivity index (χ2v) is 3.86. The van der Waals surface area contributed by atoms with Gasteiger partial charge < -0.3 is 15.7 Å². The highest BCUT2D eigenvalue weighted by molar-refractivity contribution is 6.35. The highest BCUT2D eigenvalue weighted by Gasteiger charge is 2.19. The Balaban J connectivity index is 3.28. The Morgan fingerprint density at radius 2 is 2.06 bits per heavy atom. The molecule has 1 aromatic rings. The largest absolute Gasteiger partial charge is 0.506 e. The molecule has 0 aliphatic carbocycles. The molecule has 17 heavy (non-hydrogen) atoms. The smallest absolute Gasteiger partial charge is 0.221 e. The number of aromatic hydroxyl groups is 1. The number of rotatable bonds is 4. The van der Waals surface area contributed by atoms with Gasteiger partial charge in [0.15, 0.2) is 5.78 Å². The van der Waals surface area contributed by atoms with E-state index in [1.54, 1.807) is 7.05 Å². The van der Waals surface area contributed by atoms with E-state index in [0.29, 0.717) is 0 Å². The number of amides is 1. The van der Waals surface area contributed by atoms with Crippen molar-refractivity contribution in [1.29, 1.82) is 0 Å². The zero-order valence-electron chi connectivity index (χ0n) is 9.50. The molecule has 1 rings (SSSR count). The Morgan fingerprint density at radius 3 is 2.59 bits per heavy atom. The predicted molar refractivity (Wildman–Crippen MR) is 65.7 cm³/mol. The normalized spacial score (nSPS) is 10.1. The Hall–Kier alpha value is -1.59. The van der Waals surface area contributed by atoms with Crippen molar-refractivity contribution in [1.82, 2.24) is 5.32 Å². The highest BCUT2D eigenvalue weighted by atomic mass is 35.5. The van der Waals surface area contributed by atoms with Crippen LogP contribution in [0.5, 0.6) is 5.75 Å². The predicted octanol–water partition coefficient (Wildman–Crippen LogP) is 1.41. The second kappa shape index (κ2) is 5.65. The fourth-order valence-electron chi connectivity index (χ4n) is 1.39. The molecular weight excluding hydrogens is 244 g/mol. The number of benzene rings is 1. The number of carbonyl (C=O) groups excluding carboxylic acids is 2. The molecule has 6 heteroatoms. The maximum Gasteiger partial charge on any atom is 0.221 e. The summed E-state index contributed by atoms with van der Waals surface area (Å²) in [6, 6.07) is 2.73. The van der Waals surface area contributed by atoms with Crippen LogP contribution in [0, 0.1) is 0 Å². The molecule has 1 amide bonds. The van der Waals surface area contributed by atoms with E-state index in [1.807, 2.05) is 0 Å². The first kappa shape index (κ1) is 13.5. The summed E-state index contributed by atoms with van der Waals surface area (Å²) >= 11 is 5.90. The van der Waals surface area contributed by atoms with Gasteiger partial charge >= 0.3 is 0 Å². The number of Topliss-reactive ketones (excluding diaryl/α,β-unsaturated/α-hetero) is 1. The van der Waals surface area contributed by atoms with Crippen molar-refractivity contribution in [3.05, 3.63) is 22.7 Å². The van der Waals surface area contributed by atoms with Gasteiger partial charge in [0, 0.05) is 6.92 Å². The zero-order valence-corrected chi connectivity index (χ0v) is 10.3. The lowest BCUT2D eigenvalue weighted by atomic mass is 10.1. The van der Waals surface area contributed by atoms with Gasteiger partial charge in [-0.2, -0.15) is 0 Å². The standard InChI is InChI=1S/C11H13ClN2O3/c1-6(15)14-11-8(16)4-3-7(12)10(11)9(17)5-13-2/h3-4,13,16H,5H2,1-2H3,(H,14,15). The molecule has 0 bridgehead atoms. The summed E-state index contributed by atoms with van der Waals surface area (Å²) in [6.07, 6.45) is 0. The van der Waals surface area contributed by atoms with Crippen molar-refractivity contribution in [2.24, 2.45) is 0 Å². The maximum atomic E-state index is 11.8. The van der Waals surface area contributed by atoms with E-state index < -0.39 is 0 Å². The van der Waals surface area contributed by atoms with Crippen molar-refractivity contribution >= 4 is 29.0 Å². The average molecular weight is 257 g/mol. The lowest BCUT2D eigenvalue weighted by Crippen LogP contribution is -2.21. The van der Waals surface area contributed by atoms with Crippen LogP contribution in [0.25, 0.3) is 0 Å². The van der Waals surface area contributed by atoms with E-state index >= 15 is 0 Å². The molecule has 0 spiro atoms. The summed E-state index contributed by atoms with van der Waals surface area (Å²) in [7, 11) is 1.62. The van der Waals surface area contributed by atoms with Crippen molar-refractivity contribution in [3.63, 3.8) is 0 Å². The minimum atomic E-state index is -0.388. The van der Waals surface area contributed by atoms with Gasteiger partial charge in [-0.3, -0.25) is 9.59 Å². The van der Waals surface area contributed by atoms with Gasteiger partial charge in [0.2, 0.25) is 5.91 Å². The number of phenols is 1. The molecule has 0 fully saturated rings. The van der Waals surface area contributed by atoms with Crippen LogP contribution in [0.4, 0.5) is 5.69 Å². The summed E-state index contributed by atoms with van der Waals surface area (Å²) in [6.45, 7) is 1.35. The third kappa shape index (κ3) is 3.18. The third-order valence-corrected chi connectivity index (χ3v) is 2.36. The van der Waals surface area contributed by atoms with Crippen LogP contribution >= 0.6 is 11.6 Å². The van der Waals surface area contributed by atoms with Gasteiger partial charge in [0.05, 0.1) is 22.8 Å². The Morgan fingerprint density at radius 1 is 1.41 bits per heavy atom. The van der Waals surface area contributed by atoms with E-state index in [4.69, 9.17) is 11.6 Å². The molecule has 0 aliphatic heterocycles. The van der Waals surface area contributed by atoms with Crippen LogP contribution in [-0.2, 0) is 4.79 Å².